The monoisotopic (exact) mass is 273 g/mol. The molecule has 0 fully saturated rings. The number of aryl methyl sites for hydroxylation is 1. The molecule has 1 aromatic carbocycles. The third-order valence-electron chi connectivity index (χ3n) is 2.53. The van der Waals surface area contributed by atoms with Crippen molar-refractivity contribution < 1.29 is 14.1 Å². The van der Waals surface area contributed by atoms with Crippen molar-refractivity contribution in [2.24, 2.45) is 0 Å². The van der Waals surface area contributed by atoms with E-state index in [9.17, 15) is 14.5 Å². The van der Waals surface area contributed by atoms with Crippen LogP contribution in [0.5, 0.6) is 11.6 Å². The molecule has 0 aliphatic carbocycles. The molecular formula is C13H8FN3O3. The van der Waals surface area contributed by atoms with Crippen LogP contribution in [0.3, 0.4) is 0 Å². The Hall–Kier alpha value is -3.01. The van der Waals surface area contributed by atoms with E-state index in [0.29, 0.717) is 5.56 Å². The summed E-state index contributed by atoms with van der Waals surface area (Å²) in [6, 6.07) is 6.80. The molecule has 2 rings (SSSR count). The van der Waals surface area contributed by atoms with Crippen LogP contribution >= 0.6 is 0 Å². The molecule has 0 spiro atoms. The average molecular weight is 273 g/mol. The Morgan fingerprint density at radius 3 is 2.75 bits per heavy atom. The Kier molecular flexibility index (Phi) is 3.57. The van der Waals surface area contributed by atoms with Gasteiger partial charge in [-0.1, -0.05) is 0 Å². The highest BCUT2D eigenvalue weighted by Crippen LogP contribution is 2.29. The van der Waals surface area contributed by atoms with Crippen molar-refractivity contribution in [1.29, 1.82) is 5.26 Å². The first kappa shape index (κ1) is 13.4. The van der Waals surface area contributed by atoms with Gasteiger partial charge in [0.1, 0.15) is 6.07 Å². The maximum Gasteiger partial charge on any atom is 0.275 e. The van der Waals surface area contributed by atoms with Gasteiger partial charge in [0.15, 0.2) is 11.6 Å². The summed E-state index contributed by atoms with van der Waals surface area (Å²) < 4.78 is 18.9. The SMILES string of the molecule is Cc1cc(Oc2ccc(C#N)cn2)c(F)cc1[N+](=O)[O-]. The van der Waals surface area contributed by atoms with Gasteiger partial charge in [-0.3, -0.25) is 10.1 Å². The molecule has 0 saturated heterocycles. The van der Waals surface area contributed by atoms with E-state index in [2.05, 4.69) is 4.98 Å². The zero-order chi connectivity index (χ0) is 14.7. The molecule has 0 bridgehead atoms. The molecular weight excluding hydrogens is 265 g/mol. The predicted octanol–water partition coefficient (Wildman–Crippen LogP) is 3.10. The molecule has 7 heteroatoms. The summed E-state index contributed by atoms with van der Waals surface area (Å²) in [7, 11) is 0. The zero-order valence-electron chi connectivity index (χ0n) is 10.3. The summed E-state index contributed by atoms with van der Waals surface area (Å²) in [5.74, 6) is -0.921. The Bertz CT molecular complexity index is 708. The van der Waals surface area contributed by atoms with Crippen LogP contribution in [-0.2, 0) is 0 Å². The van der Waals surface area contributed by atoms with Crippen LogP contribution in [0.2, 0.25) is 0 Å². The van der Waals surface area contributed by atoms with Crippen molar-refractivity contribution in [3.05, 3.63) is 57.5 Å². The van der Waals surface area contributed by atoms with E-state index >= 15 is 0 Å². The molecule has 0 amide bonds. The fourth-order valence-corrected chi connectivity index (χ4v) is 1.54. The van der Waals surface area contributed by atoms with Crippen LogP contribution in [0.25, 0.3) is 0 Å². The number of hydrogen-bond acceptors (Lipinski definition) is 5. The second-order valence-corrected chi connectivity index (χ2v) is 3.93. The van der Waals surface area contributed by atoms with Gasteiger partial charge >= 0.3 is 0 Å². The lowest BCUT2D eigenvalue weighted by molar-refractivity contribution is -0.385. The lowest BCUT2D eigenvalue weighted by Gasteiger charge is -2.07. The maximum absolute atomic E-state index is 13.7. The molecule has 2 aromatic rings. The molecule has 0 atom stereocenters. The van der Waals surface area contributed by atoms with Gasteiger partial charge in [-0.15, -0.1) is 0 Å². The second-order valence-electron chi connectivity index (χ2n) is 3.93. The minimum atomic E-state index is -0.853. The Labute approximate surface area is 113 Å². The van der Waals surface area contributed by atoms with Gasteiger partial charge in [0.2, 0.25) is 5.88 Å². The summed E-state index contributed by atoms with van der Waals surface area (Å²) in [6.45, 7) is 1.48. The highest BCUT2D eigenvalue weighted by atomic mass is 19.1. The van der Waals surface area contributed by atoms with Gasteiger partial charge in [0, 0.05) is 17.8 Å². The topological polar surface area (TPSA) is 89.0 Å². The molecule has 0 N–H and O–H groups in total. The standard InChI is InChI=1S/C13H8FN3O3/c1-8-4-12(10(14)5-11(8)17(18)19)20-13-3-2-9(6-15)7-16-13/h2-5,7H,1H3. The van der Waals surface area contributed by atoms with Gasteiger partial charge in [0.05, 0.1) is 16.6 Å². The number of pyridine rings is 1. The number of ether oxygens (including phenoxy) is 1. The highest BCUT2D eigenvalue weighted by Gasteiger charge is 2.17. The van der Waals surface area contributed by atoms with E-state index in [1.165, 1.54) is 31.3 Å². The lowest BCUT2D eigenvalue weighted by Crippen LogP contribution is -1.96. The van der Waals surface area contributed by atoms with Crippen molar-refractivity contribution in [1.82, 2.24) is 4.98 Å². The number of nitriles is 1. The highest BCUT2D eigenvalue weighted by molar-refractivity contribution is 5.46. The van der Waals surface area contributed by atoms with Crippen LogP contribution in [0.4, 0.5) is 10.1 Å². The summed E-state index contributed by atoms with van der Waals surface area (Å²) in [5.41, 5.74) is 0.306. The van der Waals surface area contributed by atoms with Crippen LogP contribution in [0, 0.1) is 34.2 Å². The molecule has 1 aromatic heterocycles. The number of hydrogen-bond donors (Lipinski definition) is 0. The average Bonchev–Trinajstić information content (AvgIpc) is 2.43. The number of nitro groups is 1. The summed E-state index contributed by atoms with van der Waals surface area (Å²) in [4.78, 5) is 13.8. The fraction of sp³-hybridized carbons (Fsp3) is 0.0769. The van der Waals surface area contributed by atoms with E-state index < -0.39 is 10.7 Å². The van der Waals surface area contributed by atoms with Crippen LogP contribution in [0.1, 0.15) is 11.1 Å². The molecule has 0 aliphatic heterocycles. The number of nitrogens with zero attached hydrogens (tertiary/aromatic N) is 3. The number of rotatable bonds is 3. The van der Waals surface area contributed by atoms with E-state index in [0.717, 1.165) is 6.07 Å². The molecule has 20 heavy (non-hydrogen) atoms. The summed E-state index contributed by atoms with van der Waals surface area (Å²) in [5, 5.41) is 19.3. The normalized spacial score (nSPS) is 9.85. The van der Waals surface area contributed by atoms with E-state index in [1.807, 2.05) is 6.07 Å². The van der Waals surface area contributed by atoms with E-state index in [-0.39, 0.29) is 22.9 Å². The van der Waals surface area contributed by atoms with Crippen molar-refractivity contribution in [2.45, 2.75) is 6.92 Å². The molecule has 1 heterocycles. The third-order valence-corrected chi connectivity index (χ3v) is 2.53. The van der Waals surface area contributed by atoms with Crippen molar-refractivity contribution in [3.8, 4) is 17.7 Å². The number of benzene rings is 1. The molecule has 6 nitrogen and oxygen atoms in total. The predicted molar refractivity (Wildman–Crippen MR) is 66.8 cm³/mol. The Morgan fingerprint density at radius 1 is 1.45 bits per heavy atom. The fourth-order valence-electron chi connectivity index (χ4n) is 1.54. The van der Waals surface area contributed by atoms with E-state index in [4.69, 9.17) is 10.00 Å². The lowest BCUT2D eigenvalue weighted by atomic mass is 10.2. The number of halogens is 1. The van der Waals surface area contributed by atoms with Crippen molar-refractivity contribution in [3.63, 3.8) is 0 Å². The molecule has 0 aliphatic rings. The molecule has 0 unspecified atom stereocenters. The Balaban J connectivity index is 2.31. The minimum Gasteiger partial charge on any atom is -0.436 e. The first-order chi connectivity index (χ1) is 9.51. The minimum absolute atomic E-state index is 0.0937. The van der Waals surface area contributed by atoms with Crippen LogP contribution in [0.15, 0.2) is 30.5 Å². The molecule has 0 saturated carbocycles. The number of aromatic nitrogens is 1. The van der Waals surface area contributed by atoms with Crippen molar-refractivity contribution in [2.75, 3.05) is 0 Å². The number of nitro benzene ring substituents is 1. The van der Waals surface area contributed by atoms with Gasteiger partial charge < -0.3 is 4.74 Å². The largest absolute Gasteiger partial charge is 0.436 e. The van der Waals surface area contributed by atoms with Gasteiger partial charge in [-0.25, -0.2) is 9.37 Å². The zero-order valence-corrected chi connectivity index (χ0v) is 10.3. The van der Waals surface area contributed by atoms with Gasteiger partial charge in [-0.05, 0) is 19.1 Å². The smallest absolute Gasteiger partial charge is 0.275 e. The quantitative estimate of drug-likeness (QED) is 0.633. The maximum atomic E-state index is 13.7. The molecule has 100 valence electrons. The van der Waals surface area contributed by atoms with Gasteiger partial charge in [-0.2, -0.15) is 5.26 Å². The summed E-state index contributed by atoms with van der Waals surface area (Å²) in [6.07, 6.45) is 1.28. The summed E-state index contributed by atoms with van der Waals surface area (Å²) >= 11 is 0. The first-order valence-electron chi connectivity index (χ1n) is 5.50. The third kappa shape index (κ3) is 2.70. The van der Waals surface area contributed by atoms with E-state index in [1.54, 1.807) is 0 Å². The van der Waals surface area contributed by atoms with Crippen molar-refractivity contribution >= 4 is 5.69 Å². The van der Waals surface area contributed by atoms with Crippen LogP contribution in [-0.4, -0.2) is 9.91 Å². The first-order valence-corrected chi connectivity index (χ1v) is 5.50. The van der Waals surface area contributed by atoms with Crippen LogP contribution < -0.4 is 4.74 Å². The second kappa shape index (κ2) is 5.32. The molecule has 0 radical (unpaired) electrons. The van der Waals surface area contributed by atoms with Gasteiger partial charge in [0.25, 0.3) is 5.69 Å². The Morgan fingerprint density at radius 2 is 2.20 bits per heavy atom.